The highest BCUT2D eigenvalue weighted by Gasteiger charge is 2.55. The molecule has 90 valence electrons. The Morgan fingerprint density at radius 1 is 1.31 bits per heavy atom. The minimum atomic E-state index is 0.261. The fourth-order valence-corrected chi connectivity index (χ4v) is 2.71. The predicted molar refractivity (Wildman–Crippen MR) is 68.4 cm³/mol. The van der Waals surface area contributed by atoms with E-state index in [0.29, 0.717) is 6.10 Å². The van der Waals surface area contributed by atoms with Gasteiger partial charge in [-0.2, -0.15) is 0 Å². The average molecular weight is 220 g/mol. The highest BCUT2D eigenvalue weighted by Crippen LogP contribution is 2.50. The molecule has 1 heterocycles. The molecule has 1 aliphatic heterocycles. The van der Waals surface area contributed by atoms with E-state index >= 15 is 0 Å². The summed E-state index contributed by atoms with van der Waals surface area (Å²) in [6.07, 6.45) is 10.1. The van der Waals surface area contributed by atoms with Gasteiger partial charge in [-0.15, -0.1) is 0 Å². The lowest BCUT2D eigenvalue weighted by molar-refractivity contribution is 0.303. The molecule has 1 saturated heterocycles. The molecule has 0 amide bonds. The van der Waals surface area contributed by atoms with Gasteiger partial charge in [0.1, 0.15) is 0 Å². The van der Waals surface area contributed by atoms with Gasteiger partial charge in [-0.1, -0.05) is 23.3 Å². The summed E-state index contributed by atoms with van der Waals surface area (Å²) in [5.74, 6) is 0.770. The molecule has 1 aliphatic carbocycles. The molecule has 0 unspecified atom stereocenters. The standard InChI is InChI=1S/C15H24O/c1-11(2)6-5-7-12(3)13-8-9-15(4)14(10-13)16-15/h6-7,13-14H,5,8-10H2,1-4H3/b12-7+/t13-,14-,15+/m0/s1. The zero-order valence-corrected chi connectivity index (χ0v) is 11.0. The van der Waals surface area contributed by atoms with Crippen molar-refractivity contribution in [1.29, 1.82) is 0 Å². The van der Waals surface area contributed by atoms with Gasteiger partial charge in [0.25, 0.3) is 0 Å². The maximum Gasteiger partial charge on any atom is 0.0920 e. The van der Waals surface area contributed by atoms with Crippen molar-refractivity contribution in [2.45, 2.75) is 65.1 Å². The molecule has 1 nitrogen and oxygen atoms in total. The lowest BCUT2D eigenvalue weighted by atomic mass is 9.79. The molecule has 2 aliphatic rings. The van der Waals surface area contributed by atoms with Crippen LogP contribution in [0.15, 0.2) is 23.3 Å². The molecule has 1 heteroatoms. The topological polar surface area (TPSA) is 12.5 Å². The van der Waals surface area contributed by atoms with Gasteiger partial charge in [0.05, 0.1) is 11.7 Å². The molecule has 2 fully saturated rings. The maximum atomic E-state index is 5.75. The van der Waals surface area contributed by atoms with E-state index in [1.807, 2.05) is 0 Å². The van der Waals surface area contributed by atoms with Crippen molar-refractivity contribution in [3.8, 4) is 0 Å². The Morgan fingerprint density at radius 2 is 2.06 bits per heavy atom. The largest absolute Gasteiger partial charge is 0.366 e. The van der Waals surface area contributed by atoms with Crippen LogP contribution in [-0.4, -0.2) is 11.7 Å². The summed E-state index contributed by atoms with van der Waals surface area (Å²) in [6, 6.07) is 0. The normalized spacial score (nSPS) is 37.9. The van der Waals surface area contributed by atoms with Gasteiger partial charge in [0.2, 0.25) is 0 Å². The number of ether oxygens (including phenoxy) is 1. The van der Waals surface area contributed by atoms with Crippen LogP contribution in [0.5, 0.6) is 0 Å². The summed E-state index contributed by atoms with van der Waals surface area (Å²) in [5, 5.41) is 0. The Bertz CT molecular complexity index is 322. The molecule has 0 aromatic rings. The third-order valence-electron chi connectivity index (χ3n) is 4.13. The summed E-state index contributed by atoms with van der Waals surface area (Å²) in [5.41, 5.74) is 3.23. The second kappa shape index (κ2) is 4.37. The van der Waals surface area contributed by atoms with E-state index in [2.05, 4.69) is 39.8 Å². The van der Waals surface area contributed by atoms with Gasteiger partial charge in [0.15, 0.2) is 0 Å². The lowest BCUT2D eigenvalue weighted by Crippen LogP contribution is -2.21. The molecule has 0 bridgehead atoms. The predicted octanol–water partition coefficient (Wildman–Crippen LogP) is 4.25. The summed E-state index contributed by atoms with van der Waals surface area (Å²) < 4.78 is 5.75. The van der Waals surface area contributed by atoms with Gasteiger partial charge in [-0.25, -0.2) is 0 Å². The molecule has 0 radical (unpaired) electrons. The number of hydrogen-bond acceptors (Lipinski definition) is 1. The molecule has 0 spiro atoms. The minimum absolute atomic E-state index is 0.261. The van der Waals surface area contributed by atoms with Crippen molar-refractivity contribution in [3.05, 3.63) is 23.3 Å². The van der Waals surface area contributed by atoms with Gasteiger partial charge in [-0.3, -0.25) is 0 Å². The number of allylic oxidation sites excluding steroid dienone is 4. The molecule has 3 atom stereocenters. The van der Waals surface area contributed by atoms with Crippen molar-refractivity contribution in [2.75, 3.05) is 0 Å². The smallest absolute Gasteiger partial charge is 0.0920 e. The summed E-state index contributed by atoms with van der Waals surface area (Å²) in [4.78, 5) is 0. The monoisotopic (exact) mass is 220 g/mol. The van der Waals surface area contributed by atoms with Crippen LogP contribution >= 0.6 is 0 Å². The van der Waals surface area contributed by atoms with Crippen LogP contribution in [0.25, 0.3) is 0 Å². The molecule has 0 N–H and O–H groups in total. The second-order valence-electron chi connectivity index (χ2n) is 5.86. The molecule has 0 aromatic carbocycles. The van der Waals surface area contributed by atoms with Crippen LogP contribution in [0, 0.1) is 5.92 Å². The molecular formula is C15H24O. The molecule has 0 aromatic heterocycles. The van der Waals surface area contributed by atoms with Crippen molar-refractivity contribution < 1.29 is 4.74 Å². The Morgan fingerprint density at radius 3 is 2.69 bits per heavy atom. The van der Waals surface area contributed by atoms with E-state index < -0.39 is 0 Å². The van der Waals surface area contributed by atoms with Crippen molar-refractivity contribution >= 4 is 0 Å². The number of rotatable bonds is 3. The van der Waals surface area contributed by atoms with Gasteiger partial charge in [0, 0.05) is 0 Å². The SMILES string of the molecule is CC(C)=CC/C=C(\C)[C@H]1CC[C@@]2(C)O[C@H]2C1. The average Bonchev–Trinajstić information content (AvgIpc) is 2.87. The van der Waals surface area contributed by atoms with Crippen molar-refractivity contribution in [1.82, 2.24) is 0 Å². The minimum Gasteiger partial charge on any atom is -0.366 e. The van der Waals surface area contributed by atoms with E-state index in [1.54, 1.807) is 5.57 Å². The van der Waals surface area contributed by atoms with Crippen LogP contribution in [0.2, 0.25) is 0 Å². The van der Waals surface area contributed by atoms with E-state index in [4.69, 9.17) is 4.74 Å². The first kappa shape index (κ1) is 11.9. The van der Waals surface area contributed by atoms with Crippen molar-refractivity contribution in [2.24, 2.45) is 5.92 Å². The van der Waals surface area contributed by atoms with Gasteiger partial charge >= 0.3 is 0 Å². The fraction of sp³-hybridized carbons (Fsp3) is 0.733. The zero-order valence-electron chi connectivity index (χ0n) is 11.0. The second-order valence-corrected chi connectivity index (χ2v) is 5.86. The molecule has 16 heavy (non-hydrogen) atoms. The summed E-state index contributed by atoms with van der Waals surface area (Å²) >= 11 is 0. The maximum absolute atomic E-state index is 5.75. The first-order chi connectivity index (χ1) is 7.51. The summed E-state index contributed by atoms with van der Waals surface area (Å²) in [7, 11) is 0. The van der Waals surface area contributed by atoms with E-state index in [1.165, 1.54) is 24.8 Å². The third-order valence-corrected chi connectivity index (χ3v) is 4.13. The highest BCUT2D eigenvalue weighted by atomic mass is 16.6. The highest BCUT2D eigenvalue weighted by molar-refractivity contribution is 5.14. The van der Waals surface area contributed by atoms with Crippen LogP contribution in [-0.2, 0) is 4.74 Å². The zero-order chi connectivity index (χ0) is 11.8. The lowest BCUT2D eigenvalue weighted by Gasteiger charge is -2.23. The van der Waals surface area contributed by atoms with Gasteiger partial charge < -0.3 is 4.74 Å². The Kier molecular flexibility index (Phi) is 3.25. The Hall–Kier alpha value is -0.560. The number of hydrogen-bond donors (Lipinski definition) is 0. The molecular weight excluding hydrogens is 196 g/mol. The van der Waals surface area contributed by atoms with Crippen LogP contribution in [0.3, 0.4) is 0 Å². The van der Waals surface area contributed by atoms with E-state index in [-0.39, 0.29) is 5.60 Å². The van der Waals surface area contributed by atoms with E-state index in [0.717, 1.165) is 12.3 Å². The quantitative estimate of drug-likeness (QED) is 0.512. The first-order valence-electron chi connectivity index (χ1n) is 6.49. The Balaban J connectivity index is 1.86. The number of epoxide rings is 1. The van der Waals surface area contributed by atoms with Crippen molar-refractivity contribution in [3.63, 3.8) is 0 Å². The van der Waals surface area contributed by atoms with Crippen LogP contribution in [0.4, 0.5) is 0 Å². The van der Waals surface area contributed by atoms with Crippen LogP contribution < -0.4 is 0 Å². The van der Waals surface area contributed by atoms with Gasteiger partial charge in [-0.05, 0) is 59.3 Å². The third kappa shape index (κ3) is 2.57. The Labute approximate surface area is 99.6 Å². The number of fused-ring (bicyclic) bond motifs is 1. The van der Waals surface area contributed by atoms with E-state index in [9.17, 15) is 0 Å². The first-order valence-corrected chi connectivity index (χ1v) is 6.49. The summed E-state index contributed by atoms with van der Waals surface area (Å²) in [6.45, 7) is 8.87. The van der Waals surface area contributed by atoms with Crippen LogP contribution in [0.1, 0.15) is 53.4 Å². The fourth-order valence-electron chi connectivity index (χ4n) is 2.71. The molecule has 2 rings (SSSR count). The molecule has 1 saturated carbocycles.